The lowest BCUT2D eigenvalue weighted by Crippen LogP contribution is -2.50. The first-order chi connectivity index (χ1) is 11.6. The van der Waals surface area contributed by atoms with Crippen molar-refractivity contribution in [3.8, 4) is 0 Å². The van der Waals surface area contributed by atoms with Gasteiger partial charge in [-0.1, -0.05) is 31.2 Å². The number of carbonyl (C=O) groups is 1. The van der Waals surface area contributed by atoms with Gasteiger partial charge in [-0.2, -0.15) is 0 Å². The van der Waals surface area contributed by atoms with Crippen LogP contribution in [-0.2, 0) is 13.0 Å². The molecule has 1 aliphatic rings. The van der Waals surface area contributed by atoms with Crippen LogP contribution in [0.5, 0.6) is 0 Å². The van der Waals surface area contributed by atoms with Crippen molar-refractivity contribution in [3.63, 3.8) is 0 Å². The van der Waals surface area contributed by atoms with Crippen LogP contribution in [0.2, 0.25) is 0 Å². The minimum Gasteiger partial charge on any atom is -0.357 e. The number of primary amides is 1. The number of hydrogen-bond donors (Lipinski definition) is 3. The van der Waals surface area contributed by atoms with Crippen molar-refractivity contribution in [2.24, 2.45) is 10.7 Å². The van der Waals surface area contributed by atoms with Crippen LogP contribution in [0.4, 0.5) is 4.79 Å². The summed E-state index contributed by atoms with van der Waals surface area (Å²) in [7, 11) is 0. The Morgan fingerprint density at radius 2 is 1.88 bits per heavy atom. The molecule has 1 aromatic rings. The smallest absolute Gasteiger partial charge is 0.314 e. The Kier molecular flexibility index (Phi) is 9.62. The highest BCUT2D eigenvalue weighted by Crippen LogP contribution is 2.12. The highest BCUT2D eigenvalue weighted by Gasteiger charge is 2.21. The summed E-state index contributed by atoms with van der Waals surface area (Å²) in [4.78, 5) is 17.6. The second-order valence-corrected chi connectivity index (χ2v) is 6.06. The SMILES string of the molecule is CCNC(=NCc1ccccc1CC)NC1CCN(C(N)=O)CC1.I. The zero-order valence-electron chi connectivity index (χ0n) is 15.1. The summed E-state index contributed by atoms with van der Waals surface area (Å²) in [6, 6.07) is 8.42. The molecular formula is C18H30IN5O. The Morgan fingerprint density at radius 1 is 1.24 bits per heavy atom. The Hall–Kier alpha value is -1.51. The highest BCUT2D eigenvalue weighted by atomic mass is 127. The third-order valence-electron chi connectivity index (χ3n) is 4.40. The van der Waals surface area contributed by atoms with Gasteiger partial charge in [0.25, 0.3) is 0 Å². The van der Waals surface area contributed by atoms with Crippen molar-refractivity contribution in [2.45, 2.75) is 45.7 Å². The third-order valence-corrected chi connectivity index (χ3v) is 4.40. The molecule has 1 fully saturated rings. The first-order valence-corrected chi connectivity index (χ1v) is 8.80. The fourth-order valence-corrected chi connectivity index (χ4v) is 2.98. The highest BCUT2D eigenvalue weighted by molar-refractivity contribution is 14.0. The van der Waals surface area contributed by atoms with Crippen LogP contribution in [0.3, 0.4) is 0 Å². The Labute approximate surface area is 167 Å². The van der Waals surface area contributed by atoms with Gasteiger partial charge in [0, 0.05) is 25.7 Å². The molecule has 6 nitrogen and oxygen atoms in total. The molecule has 4 N–H and O–H groups in total. The molecular weight excluding hydrogens is 429 g/mol. The van der Waals surface area contributed by atoms with Gasteiger partial charge in [0.15, 0.2) is 5.96 Å². The van der Waals surface area contributed by atoms with Crippen LogP contribution in [0.1, 0.15) is 37.8 Å². The summed E-state index contributed by atoms with van der Waals surface area (Å²) in [5.41, 5.74) is 7.94. The predicted molar refractivity (Wildman–Crippen MR) is 113 cm³/mol. The number of halogens is 1. The summed E-state index contributed by atoms with van der Waals surface area (Å²) >= 11 is 0. The topological polar surface area (TPSA) is 82.8 Å². The van der Waals surface area contributed by atoms with E-state index in [-0.39, 0.29) is 30.0 Å². The lowest BCUT2D eigenvalue weighted by Gasteiger charge is -2.32. The molecule has 1 aliphatic heterocycles. The van der Waals surface area contributed by atoms with E-state index in [1.165, 1.54) is 11.1 Å². The molecule has 140 valence electrons. The maximum absolute atomic E-state index is 11.2. The average Bonchev–Trinajstić information content (AvgIpc) is 2.60. The molecule has 0 aliphatic carbocycles. The van der Waals surface area contributed by atoms with Crippen LogP contribution in [-0.4, -0.2) is 42.6 Å². The maximum Gasteiger partial charge on any atom is 0.314 e. The zero-order valence-corrected chi connectivity index (χ0v) is 17.5. The lowest BCUT2D eigenvalue weighted by atomic mass is 10.1. The molecule has 1 heterocycles. The van der Waals surface area contributed by atoms with Crippen molar-refractivity contribution in [1.82, 2.24) is 15.5 Å². The molecule has 2 amide bonds. The molecule has 0 bridgehead atoms. The number of amides is 2. The number of benzene rings is 1. The molecule has 0 unspecified atom stereocenters. The number of nitrogens with one attached hydrogen (secondary N) is 2. The van der Waals surface area contributed by atoms with E-state index in [2.05, 4.69) is 48.7 Å². The Bertz CT molecular complexity index is 570. The second kappa shape index (κ2) is 11.2. The fourth-order valence-electron chi connectivity index (χ4n) is 2.98. The maximum atomic E-state index is 11.2. The number of hydrogen-bond acceptors (Lipinski definition) is 2. The molecule has 0 spiro atoms. The molecule has 7 heteroatoms. The van der Waals surface area contributed by atoms with E-state index in [9.17, 15) is 4.79 Å². The standard InChI is InChI=1S/C18H29N5O.HI/c1-3-14-7-5-6-8-15(14)13-21-18(20-4-2)22-16-9-11-23(12-10-16)17(19)24;/h5-8,16H,3-4,9-13H2,1-2H3,(H2,19,24)(H2,20,21,22);1H. The minimum absolute atomic E-state index is 0. The van der Waals surface area contributed by atoms with Crippen molar-refractivity contribution < 1.29 is 4.79 Å². The summed E-state index contributed by atoms with van der Waals surface area (Å²) in [6.07, 6.45) is 2.79. The number of likely N-dealkylation sites (tertiary alicyclic amines) is 1. The summed E-state index contributed by atoms with van der Waals surface area (Å²) in [5.74, 6) is 0.834. The molecule has 25 heavy (non-hydrogen) atoms. The number of rotatable bonds is 5. The molecule has 2 rings (SSSR count). The van der Waals surface area contributed by atoms with Crippen molar-refractivity contribution >= 4 is 36.0 Å². The van der Waals surface area contributed by atoms with E-state index in [1.54, 1.807) is 4.90 Å². The summed E-state index contributed by atoms with van der Waals surface area (Å²) < 4.78 is 0. The first kappa shape index (κ1) is 21.5. The van der Waals surface area contributed by atoms with E-state index in [4.69, 9.17) is 10.7 Å². The van der Waals surface area contributed by atoms with Gasteiger partial charge in [-0.05, 0) is 37.3 Å². The van der Waals surface area contributed by atoms with Gasteiger partial charge in [0.2, 0.25) is 0 Å². The van der Waals surface area contributed by atoms with Crippen LogP contribution in [0.15, 0.2) is 29.3 Å². The van der Waals surface area contributed by atoms with E-state index < -0.39 is 0 Å². The van der Waals surface area contributed by atoms with Crippen molar-refractivity contribution in [3.05, 3.63) is 35.4 Å². The monoisotopic (exact) mass is 459 g/mol. The van der Waals surface area contributed by atoms with E-state index in [0.717, 1.165) is 31.8 Å². The van der Waals surface area contributed by atoms with Gasteiger partial charge in [-0.3, -0.25) is 0 Å². The number of nitrogens with two attached hydrogens (primary N) is 1. The first-order valence-electron chi connectivity index (χ1n) is 8.80. The number of nitrogens with zero attached hydrogens (tertiary/aromatic N) is 2. The number of aryl methyl sites for hydroxylation is 1. The van der Waals surface area contributed by atoms with Gasteiger partial charge in [-0.15, -0.1) is 24.0 Å². The number of urea groups is 1. The largest absolute Gasteiger partial charge is 0.357 e. The summed E-state index contributed by atoms with van der Waals surface area (Å²) in [5, 5.41) is 6.79. The lowest BCUT2D eigenvalue weighted by molar-refractivity contribution is 0.188. The normalized spacial score (nSPS) is 15.4. The minimum atomic E-state index is -0.329. The molecule has 0 aromatic heterocycles. The van der Waals surface area contributed by atoms with E-state index >= 15 is 0 Å². The number of piperidine rings is 1. The quantitative estimate of drug-likeness (QED) is 0.360. The molecule has 0 atom stereocenters. The third kappa shape index (κ3) is 6.72. The second-order valence-electron chi connectivity index (χ2n) is 6.06. The van der Waals surface area contributed by atoms with Crippen molar-refractivity contribution in [2.75, 3.05) is 19.6 Å². The van der Waals surface area contributed by atoms with Gasteiger partial charge in [0.05, 0.1) is 6.54 Å². The van der Waals surface area contributed by atoms with E-state index in [0.29, 0.717) is 25.7 Å². The summed E-state index contributed by atoms with van der Waals surface area (Å²) in [6.45, 7) is 7.11. The van der Waals surface area contributed by atoms with Crippen molar-refractivity contribution in [1.29, 1.82) is 0 Å². The molecule has 1 saturated heterocycles. The fraction of sp³-hybridized carbons (Fsp3) is 0.556. The Balaban J connectivity index is 0.00000312. The Morgan fingerprint density at radius 3 is 2.44 bits per heavy atom. The van der Waals surface area contributed by atoms with Gasteiger partial charge in [-0.25, -0.2) is 9.79 Å². The molecule has 0 radical (unpaired) electrons. The van der Waals surface area contributed by atoms with Crippen LogP contribution in [0.25, 0.3) is 0 Å². The van der Waals surface area contributed by atoms with Gasteiger partial charge >= 0.3 is 6.03 Å². The average molecular weight is 459 g/mol. The number of carbonyl (C=O) groups excluding carboxylic acids is 1. The van der Waals surface area contributed by atoms with Crippen LogP contribution < -0.4 is 16.4 Å². The van der Waals surface area contributed by atoms with E-state index in [1.807, 2.05) is 0 Å². The number of aliphatic imine (C=N–C) groups is 1. The molecule has 1 aromatic carbocycles. The van der Waals surface area contributed by atoms with Gasteiger partial charge < -0.3 is 21.3 Å². The molecule has 0 saturated carbocycles. The zero-order chi connectivity index (χ0) is 17.4. The predicted octanol–water partition coefficient (Wildman–Crippen LogP) is 2.47. The van der Waals surface area contributed by atoms with Crippen LogP contribution >= 0.6 is 24.0 Å². The number of guanidine groups is 1. The van der Waals surface area contributed by atoms with Crippen LogP contribution in [0, 0.1) is 0 Å². The van der Waals surface area contributed by atoms with Gasteiger partial charge in [0.1, 0.15) is 0 Å².